The lowest BCUT2D eigenvalue weighted by Crippen LogP contribution is -2.37. The van der Waals surface area contributed by atoms with E-state index in [0.29, 0.717) is 12.2 Å². The maximum absolute atomic E-state index is 12.3. The number of aromatic nitrogens is 2. The molecule has 0 aliphatic heterocycles. The molecule has 9 heteroatoms. The molecule has 2 aromatic heterocycles. The van der Waals surface area contributed by atoms with Crippen LogP contribution >= 0.6 is 11.6 Å². The first-order valence-corrected chi connectivity index (χ1v) is 8.20. The molecule has 0 aliphatic carbocycles. The Balaban J connectivity index is 2.22. The van der Waals surface area contributed by atoms with Gasteiger partial charge in [0.25, 0.3) is 10.0 Å². The summed E-state index contributed by atoms with van der Waals surface area (Å²) in [5.41, 5.74) is 0.415. The van der Waals surface area contributed by atoms with Gasteiger partial charge < -0.3 is 5.32 Å². The molecule has 2 rings (SSSR count). The van der Waals surface area contributed by atoms with Crippen LogP contribution in [-0.4, -0.2) is 36.8 Å². The van der Waals surface area contributed by atoms with Gasteiger partial charge in [0, 0.05) is 12.7 Å². The number of pyridine rings is 1. The van der Waals surface area contributed by atoms with Crippen LogP contribution in [0, 0.1) is 0 Å². The van der Waals surface area contributed by atoms with Crippen LogP contribution in [0.3, 0.4) is 0 Å². The quantitative estimate of drug-likeness (QED) is 0.819. The fourth-order valence-electron chi connectivity index (χ4n) is 1.74. The number of carbonyl (C=O) groups is 1. The molecule has 0 saturated carbocycles. The summed E-state index contributed by atoms with van der Waals surface area (Å²) in [7, 11) is -3.94. The number of amides is 1. The fraction of sp³-hybridized carbons (Fsp3) is 0.333. The van der Waals surface area contributed by atoms with Crippen molar-refractivity contribution >= 4 is 33.2 Å². The third kappa shape index (κ3) is 3.52. The first-order valence-electron chi connectivity index (χ1n) is 6.34. The van der Waals surface area contributed by atoms with Crippen LogP contribution in [0.25, 0.3) is 5.65 Å². The second-order valence-electron chi connectivity index (χ2n) is 4.31. The first kappa shape index (κ1) is 15.7. The molecule has 0 aliphatic rings. The lowest BCUT2D eigenvalue weighted by atomic mass is 10.5. The van der Waals surface area contributed by atoms with Crippen LogP contribution in [-0.2, 0) is 14.8 Å². The number of nitrogens with one attached hydrogen (secondary N) is 2. The topological polar surface area (TPSA) is 92.6 Å². The summed E-state index contributed by atoms with van der Waals surface area (Å²) < 4.78 is 28.1. The van der Waals surface area contributed by atoms with Crippen LogP contribution < -0.4 is 10.0 Å². The van der Waals surface area contributed by atoms with Crippen molar-refractivity contribution in [1.82, 2.24) is 19.4 Å². The molecule has 0 fully saturated rings. The highest BCUT2D eigenvalue weighted by Crippen LogP contribution is 2.21. The number of rotatable bonds is 6. The molecule has 114 valence electrons. The van der Waals surface area contributed by atoms with E-state index < -0.39 is 15.9 Å². The van der Waals surface area contributed by atoms with E-state index in [0.717, 1.165) is 6.42 Å². The lowest BCUT2D eigenvalue weighted by Gasteiger charge is -2.07. The summed E-state index contributed by atoms with van der Waals surface area (Å²) in [5.74, 6) is -0.398. The molecule has 0 radical (unpaired) electrons. The summed E-state index contributed by atoms with van der Waals surface area (Å²) in [6, 6.07) is 5.03. The highest BCUT2D eigenvalue weighted by Gasteiger charge is 2.24. The van der Waals surface area contributed by atoms with Crippen molar-refractivity contribution in [2.24, 2.45) is 0 Å². The molecule has 0 bridgehead atoms. The van der Waals surface area contributed by atoms with Crippen LogP contribution in [0.1, 0.15) is 13.3 Å². The Labute approximate surface area is 127 Å². The van der Waals surface area contributed by atoms with Gasteiger partial charge in [0.15, 0.2) is 10.2 Å². The SMILES string of the molecule is CCCNC(=O)CNS(=O)(=O)c1c(Cl)nc2ccccn12. The number of halogens is 1. The summed E-state index contributed by atoms with van der Waals surface area (Å²) in [4.78, 5) is 15.4. The number of carbonyl (C=O) groups excluding carboxylic acids is 1. The van der Waals surface area contributed by atoms with Crippen molar-refractivity contribution in [3.05, 3.63) is 29.5 Å². The number of hydrogen-bond donors (Lipinski definition) is 2. The zero-order valence-corrected chi connectivity index (χ0v) is 12.9. The van der Waals surface area contributed by atoms with Crippen LogP contribution in [0.15, 0.2) is 29.4 Å². The van der Waals surface area contributed by atoms with E-state index >= 15 is 0 Å². The minimum atomic E-state index is -3.94. The van der Waals surface area contributed by atoms with Gasteiger partial charge in [0.1, 0.15) is 5.65 Å². The van der Waals surface area contributed by atoms with E-state index in [4.69, 9.17) is 11.6 Å². The monoisotopic (exact) mass is 330 g/mol. The van der Waals surface area contributed by atoms with E-state index in [1.54, 1.807) is 24.4 Å². The van der Waals surface area contributed by atoms with Gasteiger partial charge in [0.05, 0.1) is 6.54 Å². The van der Waals surface area contributed by atoms with Crippen LogP contribution in [0.4, 0.5) is 0 Å². The van der Waals surface area contributed by atoms with Gasteiger partial charge in [-0.05, 0) is 18.6 Å². The summed E-state index contributed by atoms with van der Waals surface area (Å²) in [6.45, 7) is 2.05. The van der Waals surface area contributed by atoms with Gasteiger partial charge in [-0.1, -0.05) is 24.6 Å². The van der Waals surface area contributed by atoms with E-state index in [1.165, 1.54) is 4.40 Å². The third-order valence-electron chi connectivity index (χ3n) is 2.70. The Morgan fingerprint density at radius 2 is 2.19 bits per heavy atom. The maximum Gasteiger partial charge on any atom is 0.260 e. The zero-order chi connectivity index (χ0) is 15.5. The molecule has 0 saturated heterocycles. The van der Waals surface area contributed by atoms with Crippen molar-refractivity contribution in [3.63, 3.8) is 0 Å². The molecular weight excluding hydrogens is 316 g/mol. The fourth-order valence-corrected chi connectivity index (χ4v) is 3.36. The van der Waals surface area contributed by atoms with Gasteiger partial charge in [-0.2, -0.15) is 0 Å². The molecule has 2 N–H and O–H groups in total. The molecular formula is C12H15ClN4O3S. The number of sulfonamides is 1. The molecule has 0 aromatic carbocycles. The highest BCUT2D eigenvalue weighted by atomic mass is 35.5. The van der Waals surface area contributed by atoms with Gasteiger partial charge in [-0.25, -0.2) is 18.1 Å². The maximum atomic E-state index is 12.3. The second kappa shape index (κ2) is 6.42. The number of hydrogen-bond acceptors (Lipinski definition) is 4. The van der Waals surface area contributed by atoms with E-state index in [-0.39, 0.29) is 16.7 Å². The van der Waals surface area contributed by atoms with Crippen molar-refractivity contribution < 1.29 is 13.2 Å². The molecule has 0 atom stereocenters. The summed E-state index contributed by atoms with van der Waals surface area (Å²) in [6.07, 6.45) is 2.32. The van der Waals surface area contributed by atoms with Gasteiger partial charge in [-0.15, -0.1) is 0 Å². The van der Waals surface area contributed by atoms with E-state index in [2.05, 4.69) is 15.0 Å². The predicted octanol–water partition coefficient (Wildman–Crippen LogP) is 0.792. The second-order valence-corrected chi connectivity index (χ2v) is 6.35. The van der Waals surface area contributed by atoms with Crippen LogP contribution in [0.5, 0.6) is 0 Å². The Morgan fingerprint density at radius 3 is 2.90 bits per heavy atom. The summed E-state index contributed by atoms with van der Waals surface area (Å²) in [5, 5.41) is 2.27. The first-order chi connectivity index (χ1) is 9.95. The normalized spacial score (nSPS) is 11.7. The van der Waals surface area contributed by atoms with Gasteiger partial charge in [0.2, 0.25) is 5.91 Å². The molecule has 2 aromatic rings. The average Bonchev–Trinajstić information content (AvgIpc) is 2.79. The smallest absolute Gasteiger partial charge is 0.260 e. The van der Waals surface area contributed by atoms with Crippen molar-refractivity contribution in [2.45, 2.75) is 18.4 Å². The predicted molar refractivity (Wildman–Crippen MR) is 78.7 cm³/mol. The molecule has 7 nitrogen and oxygen atoms in total. The molecule has 0 unspecified atom stereocenters. The standard InChI is InChI=1S/C12H15ClN4O3S/c1-2-6-14-10(18)8-15-21(19,20)12-11(13)16-9-5-3-4-7-17(9)12/h3-5,7,15H,2,6,8H2,1H3,(H,14,18). The molecule has 0 spiro atoms. The average molecular weight is 331 g/mol. The van der Waals surface area contributed by atoms with Crippen molar-refractivity contribution in [3.8, 4) is 0 Å². The van der Waals surface area contributed by atoms with E-state index in [9.17, 15) is 13.2 Å². The Hall–Kier alpha value is -1.64. The Bertz CT molecular complexity index is 757. The zero-order valence-electron chi connectivity index (χ0n) is 11.3. The largest absolute Gasteiger partial charge is 0.355 e. The Kier molecular flexibility index (Phi) is 4.81. The van der Waals surface area contributed by atoms with Crippen molar-refractivity contribution in [2.75, 3.05) is 13.1 Å². The van der Waals surface area contributed by atoms with Crippen molar-refractivity contribution in [1.29, 1.82) is 0 Å². The van der Waals surface area contributed by atoms with Crippen LogP contribution in [0.2, 0.25) is 5.15 Å². The minimum absolute atomic E-state index is 0.136. The number of imidazole rings is 1. The lowest BCUT2D eigenvalue weighted by molar-refractivity contribution is -0.119. The molecule has 21 heavy (non-hydrogen) atoms. The van der Waals surface area contributed by atoms with Gasteiger partial charge >= 0.3 is 0 Å². The number of nitrogens with zero attached hydrogens (tertiary/aromatic N) is 2. The highest BCUT2D eigenvalue weighted by molar-refractivity contribution is 7.89. The molecule has 2 heterocycles. The number of fused-ring (bicyclic) bond motifs is 1. The third-order valence-corrected chi connectivity index (χ3v) is 4.49. The van der Waals surface area contributed by atoms with Gasteiger partial charge in [-0.3, -0.25) is 9.20 Å². The Morgan fingerprint density at radius 1 is 1.43 bits per heavy atom. The van der Waals surface area contributed by atoms with E-state index in [1.807, 2.05) is 6.92 Å². The molecule has 1 amide bonds. The summed E-state index contributed by atoms with van der Waals surface area (Å²) >= 11 is 5.90. The minimum Gasteiger partial charge on any atom is -0.355 e.